The molecule has 1 aromatic rings. The van der Waals surface area contributed by atoms with Gasteiger partial charge in [0.2, 0.25) is 5.91 Å². The summed E-state index contributed by atoms with van der Waals surface area (Å²) < 4.78 is 20.0. The van der Waals surface area contributed by atoms with Crippen molar-refractivity contribution in [3.05, 3.63) is 12.1 Å². The van der Waals surface area contributed by atoms with E-state index in [1.807, 2.05) is 11.8 Å². The van der Waals surface area contributed by atoms with Crippen molar-refractivity contribution >= 4 is 34.9 Å². The van der Waals surface area contributed by atoms with Gasteiger partial charge < -0.3 is 29.2 Å². The Hall–Kier alpha value is -3.30. The Morgan fingerprint density at radius 1 is 1.10 bits per heavy atom. The number of aliphatic imine (C=N–C) groups is 1. The molecule has 0 saturated heterocycles. The Labute approximate surface area is 175 Å². The van der Waals surface area contributed by atoms with Crippen molar-refractivity contribution in [2.45, 2.75) is 25.8 Å². The molecule has 1 atom stereocenters. The minimum absolute atomic E-state index is 0.0220. The quantitative estimate of drug-likeness (QED) is 0.592. The van der Waals surface area contributed by atoms with Gasteiger partial charge in [-0.1, -0.05) is 0 Å². The van der Waals surface area contributed by atoms with Crippen LogP contribution in [0.15, 0.2) is 17.1 Å². The van der Waals surface area contributed by atoms with Crippen molar-refractivity contribution in [2.75, 3.05) is 46.4 Å². The van der Waals surface area contributed by atoms with Crippen LogP contribution in [0.4, 0.5) is 11.4 Å². The predicted molar refractivity (Wildman–Crippen MR) is 110 cm³/mol. The monoisotopic (exact) mass is 421 g/mol. The van der Waals surface area contributed by atoms with Crippen LogP contribution in [-0.4, -0.2) is 71.1 Å². The number of hydrogen-bond acceptors (Lipinski definition) is 9. The number of hydrogen-bond donors (Lipinski definition) is 1. The van der Waals surface area contributed by atoms with Crippen LogP contribution in [0.5, 0.6) is 11.5 Å². The normalized spacial score (nSPS) is 13.5. The molecule has 1 heterocycles. The molecule has 0 saturated carbocycles. The highest BCUT2D eigenvalue weighted by Gasteiger charge is 2.26. The molecule has 10 nitrogen and oxygen atoms in total. The van der Waals surface area contributed by atoms with Gasteiger partial charge in [0.1, 0.15) is 6.04 Å². The van der Waals surface area contributed by atoms with Gasteiger partial charge in [0.15, 0.2) is 11.5 Å². The Morgan fingerprint density at radius 3 is 2.37 bits per heavy atom. The number of fused-ring (bicyclic) bond motifs is 1. The van der Waals surface area contributed by atoms with E-state index in [4.69, 9.17) is 14.2 Å². The van der Waals surface area contributed by atoms with Crippen molar-refractivity contribution in [2.24, 2.45) is 4.99 Å². The third-order valence-corrected chi connectivity index (χ3v) is 4.57. The highest BCUT2D eigenvalue weighted by molar-refractivity contribution is 5.97. The Kier molecular flexibility index (Phi) is 8.02. The lowest BCUT2D eigenvalue weighted by Crippen LogP contribution is -2.47. The standard InChI is InChI=1S/C20H27N3O7/c1-12-10-23(15-9-17(28-3)16(27-2)8-14(15)21-12)11-18(24)22-13(20(26)30-5)6-7-19(25)29-4/h8-9,13H,6-7,10-11H2,1-5H3,(H,22,24)/t13-/m0/s1. The molecule has 10 heteroatoms. The summed E-state index contributed by atoms with van der Waals surface area (Å²) in [4.78, 5) is 42.4. The van der Waals surface area contributed by atoms with E-state index in [-0.39, 0.29) is 19.4 Å². The molecule has 2 rings (SSSR count). The van der Waals surface area contributed by atoms with E-state index in [2.05, 4.69) is 15.0 Å². The molecule has 1 aliphatic heterocycles. The Bertz CT molecular complexity index is 838. The average molecular weight is 421 g/mol. The Balaban J connectivity index is 2.17. The van der Waals surface area contributed by atoms with Crippen LogP contribution >= 0.6 is 0 Å². The highest BCUT2D eigenvalue weighted by atomic mass is 16.5. The molecule has 0 fully saturated rings. The first kappa shape index (κ1) is 23.0. The number of carbonyl (C=O) groups is 3. The summed E-state index contributed by atoms with van der Waals surface area (Å²) >= 11 is 0. The summed E-state index contributed by atoms with van der Waals surface area (Å²) in [5, 5.41) is 2.63. The molecule has 1 aliphatic rings. The molecular weight excluding hydrogens is 394 g/mol. The third-order valence-electron chi connectivity index (χ3n) is 4.57. The van der Waals surface area contributed by atoms with Gasteiger partial charge in [-0.05, 0) is 13.3 Å². The summed E-state index contributed by atoms with van der Waals surface area (Å²) in [5.41, 5.74) is 2.18. The number of methoxy groups -OCH3 is 4. The maximum absolute atomic E-state index is 12.7. The van der Waals surface area contributed by atoms with Gasteiger partial charge >= 0.3 is 11.9 Å². The fourth-order valence-corrected chi connectivity index (χ4v) is 3.11. The number of benzene rings is 1. The van der Waals surface area contributed by atoms with E-state index in [0.717, 1.165) is 5.71 Å². The first-order valence-corrected chi connectivity index (χ1v) is 9.32. The molecule has 30 heavy (non-hydrogen) atoms. The molecule has 0 spiro atoms. The van der Waals surface area contributed by atoms with Gasteiger partial charge in [-0.15, -0.1) is 0 Å². The average Bonchev–Trinajstić information content (AvgIpc) is 2.74. The molecule has 1 aromatic carbocycles. The van der Waals surface area contributed by atoms with Crippen LogP contribution in [0.3, 0.4) is 0 Å². The summed E-state index contributed by atoms with van der Waals surface area (Å²) in [6.45, 7) is 2.26. The van der Waals surface area contributed by atoms with Gasteiger partial charge in [-0.2, -0.15) is 0 Å². The number of anilines is 1. The topological polar surface area (TPSA) is 116 Å². The van der Waals surface area contributed by atoms with E-state index in [1.165, 1.54) is 28.4 Å². The number of esters is 2. The van der Waals surface area contributed by atoms with E-state index >= 15 is 0 Å². The molecule has 0 aliphatic carbocycles. The first-order valence-electron chi connectivity index (χ1n) is 9.32. The van der Waals surface area contributed by atoms with Crippen molar-refractivity contribution in [3.63, 3.8) is 0 Å². The van der Waals surface area contributed by atoms with E-state index in [1.54, 1.807) is 12.1 Å². The summed E-state index contributed by atoms with van der Waals surface area (Å²) in [6.07, 6.45) is 0.0546. The molecule has 1 N–H and O–H groups in total. The summed E-state index contributed by atoms with van der Waals surface area (Å²) in [5.74, 6) is -0.452. The molecule has 0 radical (unpaired) electrons. The summed E-state index contributed by atoms with van der Waals surface area (Å²) in [7, 11) is 5.55. The van der Waals surface area contributed by atoms with Crippen molar-refractivity contribution in [1.82, 2.24) is 5.32 Å². The first-order chi connectivity index (χ1) is 14.3. The van der Waals surface area contributed by atoms with E-state index in [0.29, 0.717) is 29.4 Å². The second-order valence-corrected chi connectivity index (χ2v) is 6.66. The van der Waals surface area contributed by atoms with Gasteiger partial charge in [0.25, 0.3) is 0 Å². The van der Waals surface area contributed by atoms with Crippen LogP contribution in [0.2, 0.25) is 0 Å². The molecular formula is C20H27N3O7. The van der Waals surface area contributed by atoms with Crippen molar-refractivity contribution in [3.8, 4) is 11.5 Å². The van der Waals surface area contributed by atoms with Gasteiger partial charge in [-0.3, -0.25) is 14.6 Å². The fourth-order valence-electron chi connectivity index (χ4n) is 3.11. The smallest absolute Gasteiger partial charge is 0.328 e. The Morgan fingerprint density at radius 2 is 1.77 bits per heavy atom. The van der Waals surface area contributed by atoms with Crippen LogP contribution in [0.1, 0.15) is 19.8 Å². The lowest BCUT2D eigenvalue weighted by atomic mass is 10.1. The number of carbonyl (C=O) groups excluding carboxylic acids is 3. The molecule has 0 aromatic heterocycles. The second kappa shape index (κ2) is 10.5. The zero-order valence-electron chi connectivity index (χ0n) is 17.8. The highest BCUT2D eigenvalue weighted by Crippen LogP contribution is 2.41. The van der Waals surface area contributed by atoms with Crippen molar-refractivity contribution in [1.29, 1.82) is 0 Å². The van der Waals surface area contributed by atoms with Crippen LogP contribution in [0.25, 0.3) is 0 Å². The number of rotatable bonds is 9. The number of nitrogens with one attached hydrogen (secondary N) is 1. The fraction of sp³-hybridized carbons (Fsp3) is 0.500. The maximum Gasteiger partial charge on any atom is 0.328 e. The third kappa shape index (κ3) is 5.62. The lowest BCUT2D eigenvalue weighted by molar-refractivity contribution is -0.146. The zero-order chi connectivity index (χ0) is 22.3. The predicted octanol–water partition coefficient (Wildman–Crippen LogP) is 1.23. The molecule has 0 bridgehead atoms. The van der Waals surface area contributed by atoms with Crippen LogP contribution in [0, 0.1) is 0 Å². The van der Waals surface area contributed by atoms with Crippen LogP contribution < -0.4 is 19.7 Å². The summed E-state index contributed by atoms with van der Waals surface area (Å²) in [6, 6.07) is 2.55. The zero-order valence-corrected chi connectivity index (χ0v) is 17.8. The minimum Gasteiger partial charge on any atom is -0.493 e. The number of amides is 1. The van der Waals surface area contributed by atoms with Gasteiger partial charge in [0.05, 0.1) is 52.9 Å². The molecule has 0 unspecified atom stereocenters. The SMILES string of the molecule is COC(=O)CC[C@H](NC(=O)CN1CC(C)=Nc2cc(OC)c(OC)cc21)C(=O)OC. The largest absolute Gasteiger partial charge is 0.493 e. The number of ether oxygens (including phenoxy) is 4. The van der Waals surface area contributed by atoms with Crippen LogP contribution in [-0.2, 0) is 23.9 Å². The maximum atomic E-state index is 12.7. The van der Waals surface area contributed by atoms with Gasteiger partial charge in [-0.25, -0.2) is 4.79 Å². The minimum atomic E-state index is -0.953. The molecule has 164 valence electrons. The van der Waals surface area contributed by atoms with Gasteiger partial charge in [0, 0.05) is 24.3 Å². The lowest BCUT2D eigenvalue weighted by Gasteiger charge is -2.30. The second-order valence-electron chi connectivity index (χ2n) is 6.66. The molecule has 1 amide bonds. The van der Waals surface area contributed by atoms with E-state index < -0.39 is 23.9 Å². The van der Waals surface area contributed by atoms with Crippen molar-refractivity contribution < 1.29 is 33.3 Å². The van der Waals surface area contributed by atoms with E-state index in [9.17, 15) is 14.4 Å². The number of nitrogens with zero attached hydrogens (tertiary/aromatic N) is 2.